The van der Waals surface area contributed by atoms with E-state index in [9.17, 15) is 4.79 Å². The maximum atomic E-state index is 9.59. The number of carbonyl (C=O) groups excluding carboxylic acids is 1. The van der Waals surface area contributed by atoms with E-state index >= 15 is 0 Å². The number of hydrogen-bond acceptors (Lipinski definition) is 2. The summed E-state index contributed by atoms with van der Waals surface area (Å²) in [4.78, 5) is 9.59. The van der Waals surface area contributed by atoms with Crippen LogP contribution in [0.3, 0.4) is 0 Å². The monoisotopic (exact) mass is 163 g/mol. The van der Waals surface area contributed by atoms with Crippen LogP contribution in [0.1, 0.15) is 6.92 Å². The van der Waals surface area contributed by atoms with E-state index in [1.807, 2.05) is 0 Å². The van der Waals surface area contributed by atoms with Crippen LogP contribution in [0.15, 0.2) is 0 Å². The second-order valence-corrected chi connectivity index (χ2v) is 0.696. The Kier molecular flexibility index (Phi) is 9.07. The molecule has 0 aromatic carbocycles. The summed E-state index contributed by atoms with van der Waals surface area (Å²) in [6.07, 6.45) is 0. The summed E-state index contributed by atoms with van der Waals surface area (Å²) in [5.74, 6) is -0.245. The predicted octanol–water partition coefficient (Wildman–Crippen LogP) is 0.177. The SMILES string of the molecule is COC(C)=O.[Y]. The van der Waals surface area contributed by atoms with Crippen LogP contribution in [-0.4, -0.2) is 13.1 Å². The van der Waals surface area contributed by atoms with Crippen molar-refractivity contribution in [3.63, 3.8) is 0 Å². The minimum Gasteiger partial charge on any atom is -0.469 e. The Morgan fingerprint density at radius 3 is 1.83 bits per heavy atom. The Balaban J connectivity index is 0. The van der Waals surface area contributed by atoms with Crippen LogP contribution in [-0.2, 0) is 42.2 Å². The van der Waals surface area contributed by atoms with Crippen LogP contribution in [0.4, 0.5) is 0 Å². The Hall–Kier alpha value is 0.574. The third kappa shape index (κ3) is 8.82. The first kappa shape index (κ1) is 9.76. The van der Waals surface area contributed by atoms with E-state index in [1.165, 1.54) is 14.0 Å². The molecule has 33 valence electrons. The average molecular weight is 163 g/mol. The third-order valence-corrected chi connectivity index (χ3v) is 0.287. The van der Waals surface area contributed by atoms with Gasteiger partial charge in [-0.2, -0.15) is 0 Å². The Labute approximate surface area is 62.1 Å². The first-order valence-electron chi connectivity index (χ1n) is 1.32. The molecule has 0 aromatic rings. The molecule has 0 spiro atoms. The summed E-state index contributed by atoms with van der Waals surface area (Å²) in [6, 6.07) is 0. The molecule has 0 saturated carbocycles. The van der Waals surface area contributed by atoms with Crippen molar-refractivity contribution in [3.05, 3.63) is 0 Å². The summed E-state index contributed by atoms with van der Waals surface area (Å²) in [7, 11) is 1.35. The summed E-state index contributed by atoms with van der Waals surface area (Å²) in [6.45, 7) is 1.36. The molecular weight excluding hydrogens is 157 g/mol. The fraction of sp³-hybridized carbons (Fsp3) is 0.667. The van der Waals surface area contributed by atoms with Gasteiger partial charge < -0.3 is 4.74 Å². The van der Waals surface area contributed by atoms with Gasteiger partial charge in [-0.3, -0.25) is 4.79 Å². The van der Waals surface area contributed by atoms with Gasteiger partial charge >= 0.3 is 5.97 Å². The van der Waals surface area contributed by atoms with Gasteiger partial charge in [0.05, 0.1) is 7.11 Å². The molecule has 6 heavy (non-hydrogen) atoms. The zero-order valence-corrected chi connectivity index (χ0v) is 6.73. The van der Waals surface area contributed by atoms with Gasteiger partial charge in [0.25, 0.3) is 0 Å². The quantitative estimate of drug-likeness (QED) is 0.476. The third-order valence-electron chi connectivity index (χ3n) is 0.287. The molecule has 3 heteroatoms. The summed E-state index contributed by atoms with van der Waals surface area (Å²) < 4.78 is 4.11. The number of ether oxygens (including phenoxy) is 1. The first-order chi connectivity index (χ1) is 2.27. The fourth-order valence-electron chi connectivity index (χ4n) is 0. The van der Waals surface area contributed by atoms with Crippen LogP contribution in [0.25, 0.3) is 0 Å². The summed E-state index contributed by atoms with van der Waals surface area (Å²) >= 11 is 0. The van der Waals surface area contributed by atoms with Gasteiger partial charge in [0, 0.05) is 39.6 Å². The van der Waals surface area contributed by atoms with E-state index < -0.39 is 0 Å². The number of carbonyl (C=O) groups is 1. The standard InChI is InChI=1S/C3H6O2.Y/c1-3(4)5-2;/h1-2H3;. The van der Waals surface area contributed by atoms with E-state index in [4.69, 9.17) is 0 Å². The molecule has 0 fully saturated rings. The van der Waals surface area contributed by atoms with E-state index in [0.29, 0.717) is 0 Å². The van der Waals surface area contributed by atoms with Gasteiger partial charge in [0.1, 0.15) is 0 Å². The van der Waals surface area contributed by atoms with Gasteiger partial charge in [-0.1, -0.05) is 0 Å². The summed E-state index contributed by atoms with van der Waals surface area (Å²) in [5, 5.41) is 0. The fourth-order valence-corrected chi connectivity index (χ4v) is 0. The van der Waals surface area contributed by atoms with E-state index in [-0.39, 0.29) is 38.7 Å². The number of methoxy groups -OCH3 is 1. The molecule has 0 aliphatic rings. The molecule has 0 bridgehead atoms. The first-order valence-corrected chi connectivity index (χ1v) is 1.32. The van der Waals surface area contributed by atoms with Crippen molar-refractivity contribution < 1.29 is 42.2 Å². The zero-order valence-electron chi connectivity index (χ0n) is 3.89. The van der Waals surface area contributed by atoms with Crippen LogP contribution in [0, 0.1) is 0 Å². The van der Waals surface area contributed by atoms with E-state index in [1.54, 1.807) is 0 Å². The maximum Gasteiger partial charge on any atom is 0.302 e. The second kappa shape index (κ2) is 5.57. The minimum atomic E-state index is -0.245. The predicted molar refractivity (Wildman–Crippen MR) is 17.7 cm³/mol. The average Bonchev–Trinajstić information content (AvgIpc) is 1.38. The van der Waals surface area contributed by atoms with Crippen LogP contribution >= 0.6 is 0 Å². The topological polar surface area (TPSA) is 26.3 Å². The smallest absolute Gasteiger partial charge is 0.302 e. The van der Waals surface area contributed by atoms with Crippen molar-refractivity contribution in [2.45, 2.75) is 6.92 Å². The largest absolute Gasteiger partial charge is 0.469 e. The molecule has 0 heterocycles. The number of hydrogen-bond donors (Lipinski definition) is 0. The molecule has 0 N–H and O–H groups in total. The zero-order chi connectivity index (χ0) is 4.28. The Bertz CT molecular complexity index is 44.1. The van der Waals surface area contributed by atoms with Crippen molar-refractivity contribution in [1.29, 1.82) is 0 Å². The van der Waals surface area contributed by atoms with E-state index in [2.05, 4.69) is 4.74 Å². The number of esters is 1. The number of rotatable bonds is 0. The normalized spacial score (nSPS) is 5.67. The molecule has 0 aliphatic carbocycles. The molecule has 0 aliphatic heterocycles. The van der Waals surface area contributed by atoms with Crippen molar-refractivity contribution in [2.75, 3.05) is 7.11 Å². The minimum absolute atomic E-state index is 0. The molecule has 0 amide bonds. The maximum absolute atomic E-state index is 9.59. The second-order valence-electron chi connectivity index (χ2n) is 0.696. The van der Waals surface area contributed by atoms with Gasteiger partial charge in [-0.15, -0.1) is 0 Å². The van der Waals surface area contributed by atoms with Crippen LogP contribution < -0.4 is 0 Å². The molecule has 0 rings (SSSR count). The van der Waals surface area contributed by atoms with Gasteiger partial charge in [-0.25, -0.2) is 0 Å². The van der Waals surface area contributed by atoms with Crippen molar-refractivity contribution in [3.8, 4) is 0 Å². The molecule has 0 aromatic heterocycles. The van der Waals surface area contributed by atoms with Crippen molar-refractivity contribution in [1.82, 2.24) is 0 Å². The van der Waals surface area contributed by atoms with Gasteiger partial charge in [0.2, 0.25) is 0 Å². The molecule has 0 atom stereocenters. The van der Waals surface area contributed by atoms with E-state index in [0.717, 1.165) is 0 Å². The Morgan fingerprint density at radius 1 is 1.67 bits per heavy atom. The molecule has 0 unspecified atom stereocenters. The van der Waals surface area contributed by atoms with Crippen molar-refractivity contribution >= 4 is 5.97 Å². The summed E-state index contributed by atoms with van der Waals surface area (Å²) in [5.41, 5.74) is 0. The molecule has 1 radical (unpaired) electrons. The Morgan fingerprint density at radius 2 is 1.83 bits per heavy atom. The van der Waals surface area contributed by atoms with Crippen molar-refractivity contribution in [2.24, 2.45) is 0 Å². The molecule has 2 nitrogen and oxygen atoms in total. The van der Waals surface area contributed by atoms with Crippen LogP contribution in [0.5, 0.6) is 0 Å². The molecular formula is C3H6O2Y. The van der Waals surface area contributed by atoms with Crippen LogP contribution in [0.2, 0.25) is 0 Å². The molecule has 0 saturated heterocycles. The van der Waals surface area contributed by atoms with Gasteiger partial charge in [-0.05, 0) is 0 Å². The van der Waals surface area contributed by atoms with Gasteiger partial charge in [0.15, 0.2) is 0 Å².